The number of halogens is 3. The van der Waals surface area contributed by atoms with Crippen molar-refractivity contribution in [3.05, 3.63) is 55.6 Å². The van der Waals surface area contributed by atoms with Gasteiger partial charge in [0.1, 0.15) is 16.5 Å². The van der Waals surface area contributed by atoms with Crippen molar-refractivity contribution in [1.82, 2.24) is 10.2 Å². The summed E-state index contributed by atoms with van der Waals surface area (Å²) in [6, 6.07) is 4.46. The molecule has 0 aliphatic carbocycles. The fraction of sp³-hybridized carbons (Fsp3) is 0. The van der Waals surface area contributed by atoms with E-state index in [-0.39, 0.29) is 16.3 Å². The lowest BCUT2D eigenvalue weighted by Crippen LogP contribution is -2.10. The van der Waals surface area contributed by atoms with Crippen LogP contribution < -0.4 is 11.0 Å². The van der Waals surface area contributed by atoms with Gasteiger partial charge in [-0.2, -0.15) is 10.2 Å². The highest BCUT2D eigenvalue weighted by Gasteiger charge is 2.03. The van der Waals surface area contributed by atoms with Crippen LogP contribution in [0.5, 0.6) is 0 Å². The number of hydrogen-bond acceptors (Lipinski definition) is 4. The minimum atomic E-state index is -0.532. The molecular weight excluding hydrogens is 339 g/mol. The van der Waals surface area contributed by atoms with Crippen molar-refractivity contribution in [3.63, 3.8) is 0 Å². The van der Waals surface area contributed by atoms with Crippen LogP contribution in [0.15, 0.2) is 38.8 Å². The average molecular weight is 346 g/mol. The highest BCUT2D eigenvalue weighted by atomic mass is 79.9. The summed E-state index contributed by atoms with van der Waals surface area (Å²) < 4.78 is 14.1. The van der Waals surface area contributed by atoms with Gasteiger partial charge < -0.3 is 0 Å². The molecule has 5 nitrogen and oxygen atoms in total. The first-order valence-corrected chi connectivity index (χ1v) is 6.22. The second-order valence-electron chi connectivity index (χ2n) is 3.46. The molecule has 19 heavy (non-hydrogen) atoms. The quantitative estimate of drug-likeness (QED) is 0.664. The average Bonchev–Trinajstić information content (AvgIpc) is 2.38. The molecule has 0 unspecified atom stereocenters. The standard InChI is InChI=1S/C11H7BrClFN4O/c12-7-1-2-8(14)6(3-7)4-15-17-9-5-16-18-11(19)10(9)13/h1-5H,(H2,17,18,19)/b15-4-. The van der Waals surface area contributed by atoms with Gasteiger partial charge in [-0.15, -0.1) is 0 Å². The van der Waals surface area contributed by atoms with Crippen LogP contribution in [-0.4, -0.2) is 16.4 Å². The van der Waals surface area contributed by atoms with E-state index in [4.69, 9.17) is 11.6 Å². The maximum atomic E-state index is 13.4. The van der Waals surface area contributed by atoms with E-state index in [1.54, 1.807) is 12.1 Å². The van der Waals surface area contributed by atoms with E-state index >= 15 is 0 Å². The van der Waals surface area contributed by atoms with Crippen LogP contribution in [0.25, 0.3) is 0 Å². The lowest BCUT2D eigenvalue weighted by molar-refractivity contribution is 0.625. The molecule has 0 bridgehead atoms. The minimum absolute atomic E-state index is 0.0677. The number of nitrogens with one attached hydrogen (secondary N) is 2. The van der Waals surface area contributed by atoms with Crippen molar-refractivity contribution in [3.8, 4) is 0 Å². The Morgan fingerprint density at radius 1 is 1.53 bits per heavy atom. The van der Waals surface area contributed by atoms with Gasteiger partial charge in [-0.3, -0.25) is 10.2 Å². The highest BCUT2D eigenvalue weighted by molar-refractivity contribution is 9.10. The lowest BCUT2D eigenvalue weighted by atomic mass is 10.2. The Kier molecular flexibility index (Phi) is 4.28. The summed E-state index contributed by atoms with van der Waals surface area (Å²) in [7, 11) is 0. The van der Waals surface area contributed by atoms with Gasteiger partial charge in [-0.1, -0.05) is 27.5 Å². The van der Waals surface area contributed by atoms with Gasteiger partial charge in [0.2, 0.25) is 0 Å². The Morgan fingerprint density at radius 2 is 2.32 bits per heavy atom. The minimum Gasteiger partial charge on any atom is -0.275 e. The summed E-state index contributed by atoms with van der Waals surface area (Å²) in [6.07, 6.45) is 2.58. The zero-order valence-electron chi connectivity index (χ0n) is 9.32. The van der Waals surface area contributed by atoms with Gasteiger partial charge in [0.05, 0.1) is 12.4 Å². The molecule has 8 heteroatoms. The third-order valence-corrected chi connectivity index (χ3v) is 3.01. The maximum Gasteiger partial charge on any atom is 0.285 e. The van der Waals surface area contributed by atoms with Gasteiger partial charge in [-0.25, -0.2) is 9.49 Å². The molecule has 0 radical (unpaired) electrons. The molecule has 2 aromatic rings. The van der Waals surface area contributed by atoms with Crippen LogP contribution in [0.4, 0.5) is 10.1 Å². The fourth-order valence-corrected chi connectivity index (χ4v) is 1.76. The van der Waals surface area contributed by atoms with Gasteiger partial charge in [0.15, 0.2) is 0 Å². The van der Waals surface area contributed by atoms with Crippen LogP contribution in [0, 0.1) is 5.82 Å². The zero-order chi connectivity index (χ0) is 13.8. The first-order chi connectivity index (χ1) is 9.08. The number of benzene rings is 1. The number of hydrogen-bond donors (Lipinski definition) is 2. The lowest BCUT2D eigenvalue weighted by Gasteiger charge is -2.01. The van der Waals surface area contributed by atoms with E-state index in [1.165, 1.54) is 18.5 Å². The largest absolute Gasteiger partial charge is 0.285 e. The smallest absolute Gasteiger partial charge is 0.275 e. The Morgan fingerprint density at radius 3 is 3.11 bits per heavy atom. The van der Waals surface area contributed by atoms with Gasteiger partial charge in [0, 0.05) is 10.0 Å². The third-order valence-electron chi connectivity index (χ3n) is 2.14. The number of nitrogens with zero attached hydrogens (tertiary/aromatic N) is 2. The first kappa shape index (κ1) is 13.7. The Balaban J connectivity index is 2.18. The topological polar surface area (TPSA) is 70.1 Å². The number of aromatic amines is 1. The van der Waals surface area contributed by atoms with Crippen LogP contribution in [0.3, 0.4) is 0 Å². The molecule has 0 aliphatic rings. The molecule has 0 atom stereocenters. The molecule has 0 spiro atoms. The van der Waals surface area contributed by atoms with E-state index < -0.39 is 11.4 Å². The maximum absolute atomic E-state index is 13.4. The van der Waals surface area contributed by atoms with Crippen LogP contribution in [0.1, 0.15) is 5.56 Å². The second kappa shape index (κ2) is 5.94. The number of hydrazone groups is 1. The summed E-state index contributed by atoms with van der Waals surface area (Å²) in [5.74, 6) is -0.413. The summed E-state index contributed by atoms with van der Waals surface area (Å²) in [5.41, 5.74) is 2.51. The summed E-state index contributed by atoms with van der Waals surface area (Å²) in [4.78, 5) is 11.2. The first-order valence-electron chi connectivity index (χ1n) is 5.05. The van der Waals surface area contributed by atoms with E-state index in [0.29, 0.717) is 0 Å². The molecule has 1 aromatic carbocycles. The predicted molar refractivity (Wildman–Crippen MR) is 75.2 cm³/mol. The molecule has 2 N–H and O–H groups in total. The van der Waals surface area contributed by atoms with Crippen molar-refractivity contribution in [2.24, 2.45) is 5.10 Å². The Bertz CT molecular complexity index is 689. The van der Waals surface area contributed by atoms with E-state index in [9.17, 15) is 9.18 Å². The Labute approximate surface area is 120 Å². The number of anilines is 1. The summed E-state index contributed by atoms with van der Waals surface area (Å²) >= 11 is 8.96. The van der Waals surface area contributed by atoms with Crippen molar-refractivity contribution in [2.75, 3.05) is 5.43 Å². The fourth-order valence-electron chi connectivity index (χ4n) is 1.25. The molecular formula is C11H7BrClFN4O. The molecule has 98 valence electrons. The molecule has 1 aromatic heterocycles. The SMILES string of the molecule is O=c1[nH]ncc(N/N=C\c2cc(Br)ccc2F)c1Cl. The predicted octanol–water partition coefficient (Wildman–Crippen LogP) is 2.77. The van der Waals surface area contributed by atoms with Crippen molar-refractivity contribution in [2.45, 2.75) is 0 Å². The Hall–Kier alpha value is -1.73. The van der Waals surface area contributed by atoms with Crippen molar-refractivity contribution < 1.29 is 4.39 Å². The summed E-state index contributed by atoms with van der Waals surface area (Å²) in [6.45, 7) is 0. The van der Waals surface area contributed by atoms with Crippen LogP contribution in [-0.2, 0) is 0 Å². The number of H-pyrrole nitrogens is 1. The second-order valence-corrected chi connectivity index (χ2v) is 4.76. The van der Waals surface area contributed by atoms with Crippen LogP contribution in [0.2, 0.25) is 5.02 Å². The molecule has 0 saturated carbocycles. The highest BCUT2D eigenvalue weighted by Crippen LogP contribution is 2.15. The van der Waals surface area contributed by atoms with Gasteiger partial charge in [0.25, 0.3) is 5.56 Å². The molecule has 0 aliphatic heterocycles. The molecule has 1 heterocycles. The van der Waals surface area contributed by atoms with Gasteiger partial charge >= 0.3 is 0 Å². The normalized spacial score (nSPS) is 10.9. The summed E-state index contributed by atoms with van der Waals surface area (Å²) in [5, 5.41) is 9.47. The number of rotatable bonds is 3. The monoisotopic (exact) mass is 344 g/mol. The molecule has 0 saturated heterocycles. The number of aromatic nitrogens is 2. The molecule has 0 fully saturated rings. The molecule has 2 rings (SSSR count). The van der Waals surface area contributed by atoms with E-state index in [0.717, 1.165) is 4.47 Å². The van der Waals surface area contributed by atoms with E-state index in [1.807, 2.05) is 0 Å². The molecule has 0 amide bonds. The van der Waals surface area contributed by atoms with Gasteiger partial charge in [-0.05, 0) is 18.2 Å². The van der Waals surface area contributed by atoms with Crippen molar-refractivity contribution >= 4 is 39.4 Å². The van der Waals surface area contributed by atoms with Crippen LogP contribution >= 0.6 is 27.5 Å². The van der Waals surface area contributed by atoms with Crippen molar-refractivity contribution in [1.29, 1.82) is 0 Å². The van der Waals surface area contributed by atoms with E-state index in [2.05, 4.69) is 36.7 Å². The third kappa shape index (κ3) is 3.39. The zero-order valence-corrected chi connectivity index (χ0v) is 11.7.